The van der Waals surface area contributed by atoms with Crippen LogP contribution in [0.4, 0.5) is 0 Å². The first-order chi connectivity index (χ1) is 9.91. The Morgan fingerprint density at radius 3 is 2.52 bits per heavy atom. The Morgan fingerprint density at radius 1 is 1.24 bits per heavy atom. The summed E-state index contributed by atoms with van der Waals surface area (Å²) >= 11 is 0. The van der Waals surface area contributed by atoms with Crippen molar-refractivity contribution in [1.29, 1.82) is 0 Å². The largest absolute Gasteiger partial charge is 0.508 e. The van der Waals surface area contributed by atoms with Crippen molar-refractivity contribution in [2.24, 2.45) is 11.7 Å². The maximum Gasteiger partial charge on any atom is 0.251 e. The maximum absolute atomic E-state index is 11.8. The van der Waals surface area contributed by atoms with E-state index in [0.29, 0.717) is 25.1 Å². The topological polar surface area (TPSA) is 104 Å². The van der Waals surface area contributed by atoms with Gasteiger partial charge in [-0.05, 0) is 30.5 Å². The Hall–Kier alpha value is -2.08. The molecular formula is C15H23N3O3. The van der Waals surface area contributed by atoms with Gasteiger partial charge in [-0.1, -0.05) is 19.9 Å². The Kier molecular flexibility index (Phi) is 6.68. The first-order valence-corrected chi connectivity index (χ1v) is 7.02. The van der Waals surface area contributed by atoms with Crippen LogP contribution in [0.1, 0.15) is 30.6 Å². The van der Waals surface area contributed by atoms with Gasteiger partial charge < -0.3 is 21.5 Å². The molecule has 6 heteroatoms. The molecule has 0 spiro atoms. The average molecular weight is 293 g/mol. The minimum Gasteiger partial charge on any atom is -0.508 e. The van der Waals surface area contributed by atoms with Gasteiger partial charge in [-0.25, -0.2) is 0 Å². The highest BCUT2D eigenvalue weighted by Gasteiger charge is 2.16. The second-order valence-corrected chi connectivity index (χ2v) is 5.22. The summed E-state index contributed by atoms with van der Waals surface area (Å²) in [6.07, 6.45) is 0.612. The molecule has 1 aromatic rings. The number of amides is 2. The maximum atomic E-state index is 11.8. The van der Waals surface area contributed by atoms with E-state index in [4.69, 9.17) is 5.73 Å². The average Bonchev–Trinajstić information content (AvgIpc) is 2.45. The minimum atomic E-state index is -0.508. The van der Waals surface area contributed by atoms with Gasteiger partial charge in [0.05, 0.1) is 6.04 Å². The van der Waals surface area contributed by atoms with Crippen LogP contribution in [-0.2, 0) is 4.79 Å². The molecule has 0 aliphatic carbocycles. The van der Waals surface area contributed by atoms with E-state index in [1.54, 1.807) is 12.1 Å². The number of hydrogen-bond donors (Lipinski definition) is 4. The second-order valence-electron chi connectivity index (χ2n) is 5.22. The SMILES string of the molecule is CC(C)[C@H](N)C(=O)NCCCNC(=O)c1cccc(O)c1. The summed E-state index contributed by atoms with van der Waals surface area (Å²) in [4.78, 5) is 23.4. The third-order valence-electron chi connectivity index (χ3n) is 3.07. The molecule has 0 aliphatic rings. The van der Waals surface area contributed by atoms with Crippen molar-refractivity contribution in [2.75, 3.05) is 13.1 Å². The number of aromatic hydroxyl groups is 1. The number of phenols is 1. The lowest BCUT2D eigenvalue weighted by Gasteiger charge is -2.15. The van der Waals surface area contributed by atoms with Crippen LogP contribution < -0.4 is 16.4 Å². The summed E-state index contributed by atoms with van der Waals surface area (Å²) in [5, 5.41) is 14.7. The predicted molar refractivity (Wildman–Crippen MR) is 80.9 cm³/mol. The molecule has 1 rings (SSSR count). The van der Waals surface area contributed by atoms with Crippen molar-refractivity contribution < 1.29 is 14.7 Å². The first-order valence-electron chi connectivity index (χ1n) is 7.02. The molecule has 0 radical (unpaired) electrons. The molecule has 0 fully saturated rings. The normalized spacial score (nSPS) is 12.0. The number of nitrogens with one attached hydrogen (secondary N) is 2. The quantitative estimate of drug-likeness (QED) is 0.553. The summed E-state index contributed by atoms with van der Waals surface area (Å²) < 4.78 is 0. The molecule has 1 aromatic carbocycles. The summed E-state index contributed by atoms with van der Waals surface area (Å²) in [6, 6.07) is 5.63. The van der Waals surface area contributed by atoms with Crippen LogP contribution in [0.15, 0.2) is 24.3 Å². The van der Waals surface area contributed by atoms with E-state index in [0.717, 1.165) is 0 Å². The molecule has 5 N–H and O–H groups in total. The number of rotatable bonds is 7. The molecule has 0 aliphatic heterocycles. The number of carbonyl (C=O) groups excluding carboxylic acids is 2. The lowest BCUT2D eigenvalue weighted by Crippen LogP contribution is -2.44. The van der Waals surface area contributed by atoms with Gasteiger partial charge in [0, 0.05) is 18.7 Å². The first kappa shape index (κ1) is 17.0. The van der Waals surface area contributed by atoms with Crippen LogP contribution in [0, 0.1) is 5.92 Å². The predicted octanol–water partition coefficient (Wildman–Crippen LogP) is 0.612. The minimum absolute atomic E-state index is 0.0533. The highest BCUT2D eigenvalue weighted by atomic mass is 16.3. The zero-order valence-electron chi connectivity index (χ0n) is 12.4. The summed E-state index contributed by atoms with van der Waals surface area (Å²) in [7, 11) is 0. The molecule has 0 saturated carbocycles. The van der Waals surface area contributed by atoms with Crippen molar-refractivity contribution >= 4 is 11.8 Å². The van der Waals surface area contributed by atoms with Gasteiger partial charge in [0.2, 0.25) is 5.91 Å². The zero-order chi connectivity index (χ0) is 15.8. The van der Waals surface area contributed by atoms with Crippen LogP contribution in [0.2, 0.25) is 0 Å². The van der Waals surface area contributed by atoms with Crippen molar-refractivity contribution in [3.63, 3.8) is 0 Å². The number of phenolic OH excluding ortho intramolecular Hbond substituents is 1. The molecule has 6 nitrogen and oxygen atoms in total. The number of hydrogen-bond acceptors (Lipinski definition) is 4. The van der Waals surface area contributed by atoms with E-state index in [2.05, 4.69) is 10.6 Å². The molecule has 0 unspecified atom stereocenters. The zero-order valence-corrected chi connectivity index (χ0v) is 12.4. The summed E-state index contributed by atoms with van der Waals surface area (Å²) in [6.45, 7) is 4.67. The van der Waals surface area contributed by atoms with Crippen LogP contribution >= 0.6 is 0 Å². The lowest BCUT2D eigenvalue weighted by atomic mass is 10.1. The van der Waals surface area contributed by atoms with Crippen molar-refractivity contribution in [2.45, 2.75) is 26.3 Å². The van der Waals surface area contributed by atoms with Gasteiger partial charge in [-0.15, -0.1) is 0 Å². The van der Waals surface area contributed by atoms with Crippen molar-refractivity contribution in [1.82, 2.24) is 10.6 Å². The van der Waals surface area contributed by atoms with E-state index in [1.165, 1.54) is 12.1 Å². The molecule has 0 saturated heterocycles. The molecule has 2 amide bonds. The third kappa shape index (κ3) is 5.83. The molecule has 116 valence electrons. The fourth-order valence-electron chi connectivity index (χ4n) is 1.67. The lowest BCUT2D eigenvalue weighted by molar-refractivity contribution is -0.123. The smallest absolute Gasteiger partial charge is 0.251 e. The fraction of sp³-hybridized carbons (Fsp3) is 0.467. The van der Waals surface area contributed by atoms with E-state index in [9.17, 15) is 14.7 Å². The summed E-state index contributed by atoms with van der Waals surface area (Å²) in [5.41, 5.74) is 6.11. The van der Waals surface area contributed by atoms with Gasteiger partial charge >= 0.3 is 0 Å². The molecule has 1 atom stereocenters. The molecule has 0 heterocycles. The highest BCUT2D eigenvalue weighted by molar-refractivity contribution is 5.94. The van der Waals surface area contributed by atoms with Gasteiger partial charge in [-0.3, -0.25) is 9.59 Å². The second kappa shape index (κ2) is 8.26. The van der Waals surface area contributed by atoms with Gasteiger partial charge in [0.1, 0.15) is 5.75 Å². The van der Waals surface area contributed by atoms with Crippen LogP contribution in [-0.4, -0.2) is 36.1 Å². The van der Waals surface area contributed by atoms with Gasteiger partial charge in [-0.2, -0.15) is 0 Å². The highest BCUT2D eigenvalue weighted by Crippen LogP contribution is 2.10. The van der Waals surface area contributed by atoms with Crippen LogP contribution in [0.5, 0.6) is 5.75 Å². The summed E-state index contributed by atoms with van der Waals surface area (Å²) in [5.74, 6) is -0.284. The van der Waals surface area contributed by atoms with Gasteiger partial charge in [0.15, 0.2) is 0 Å². The van der Waals surface area contributed by atoms with Crippen LogP contribution in [0.25, 0.3) is 0 Å². The Bertz CT molecular complexity index is 489. The standard InChI is InChI=1S/C15H23N3O3/c1-10(2)13(16)15(21)18-8-4-7-17-14(20)11-5-3-6-12(19)9-11/h3,5-6,9-10,13,19H,4,7-8,16H2,1-2H3,(H,17,20)(H,18,21)/t13-/m0/s1. The Labute approximate surface area is 124 Å². The number of benzene rings is 1. The van der Waals surface area contributed by atoms with E-state index in [1.807, 2.05) is 13.8 Å². The molecule has 0 aromatic heterocycles. The van der Waals surface area contributed by atoms with Gasteiger partial charge in [0.25, 0.3) is 5.91 Å². The third-order valence-corrected chi connectivity index (χ3v) is 3.07. The molecule has 0 bridgehead atoms. The Balaban J connectivity index is 2.23. The number of nitrogens with two attached hydrogens (primary N) is 1. The molecular weight excluding hydrogens is 270 g/mol. The number of carbonyl (C=O) groups is 2. The van der Waals surface area contributed by atoms with Crippen molar-refractivity contribution in [3.05, 3.63) is 29.8 Å². The molecule has 21 heavy (non-hydrogen) atoms. The van der Waals surface area contributed by atoms with E-state index >= 15 is 0 Å². The van der Waals surface area contributed by atoms with Crippen molar-refractivity contribution in [3.8, 4) is 5.75 Å². The van der Waals surface area contributed by atoms with Crippen LogP contribution in [0.3, 0.4) is 0 Å². The van der Waals surface area contributed by atoms with E-state index < -0.39 is 6.04 Å². The fourth-order valence-corrected chi connectivity index (χ4v) is 1.67. The monoisotopic (exact) mass is 293 g/mol. The Morgan fingerprint density at radius 2 is 1.90 bits per heavy atom. The van der Waals surface area contributed by atoms with E-state index in [-0.39, 0.29) is 23.5 Å².